The van der Waals surface area contributed by atoms with Gasteiger partial charge in [0, 0.05) is 23.1 Å². The molecular formula is C14H21BrN2O. The quantitative estimate of drug-likeness (QED) is 0.905. The number of amides is 2. The minimum Gasteiger partial charge on any atom is -0.334 e. The molecule has 1 aromatic rings. The number of benzene rings is 1. The lowest BCUT2D eigenvalue weighted by Crippen LogP contribution is -2.49. The smallest absolute Gasteiger partial charge is 0.318 e. The van der Waals surface area contributed by atoms with Crippen molar-refractivity contribution in [3.8, 4) is 0 Å². The van der Waals surface area contributed by atoms with E-state index in [2.05, 4.69) is 21.2 Å². The predicted octanol–water partition coefficient (Wildman–Crippen LogP) is 3.78. The second kappa shape index (κ2) is 6.23. The molecule has 4 heteroatoms. The Morgan fingerprint density at radius 2 is 1.83 bits per heavy atom. The van der Waals surface area contributed by atoms with E-state index in [4.69, 9.17) is 0 Å². The monoisotopic (exact) mass is 312 g/mol. The number of carbonyl (C=O) groups is 1. The Morgan fingerprint density at radius 3 is 2.28 bits per heavy atom. The summed E-state index contributed by atoms with van der Waals surface area (Å²) >= 11 is 3.39. The Hall–Kier alpha value is -1.03. The first-order valence-corrected chi connectivity index (χ1v) is 6.94. The number of urea groups is 1. The summed E-state index contributed by atoms with van der Waals surface area (Å²) in [5.41, 5.74) is 0.940. The van der Waals surface area contributed by atoms with Crippen LogP contribution < -0.4 is 5.32 Å². The maximum atomic E-state index is 12.1. The Kier molecular flexibility index (Phi) is 5.20. The molecule has 0 aliphatic rings. The number of nitrogens with zero attached hydrogens (tertiary/aromatic N) is 1. The summed E-state index contributed by atoms with van der Waals surface area (Å²) in [4.78, 5) is 13.9. The second-order valence-corrected chi connectivity index (χ2v) is 6.12. The van der Waals surface area contributed by atoms with Gasteiger partial charge >= 0.3 is 6.03 Å². The molecule has 18 heavy (non-hydrogen) atoms. The summed E-state index contributed by atoms with van der Waals surface area (Å²) in [7, 11) is 0. The van der Waals surface area contributed by atoms with Crippen LogP contribution in [0.3, 0.4) is 0 Å². The fraction of sp³-hybridized carbons (Fsp3) is 0.500. The number of hydrogen-bond acceptors (Lipinski definition) is 1. The van der Waals surface area contributed by atoms with Crippen molar-refractivity contribution in [1.82, 2.24) is 10.2 Å². The third kappa shape index (κ3) is 4.33. The van der Waals surface area contributed by atoms with Crippen molar-refractivity contribution < 1.29 is 4.79 Å². The summed E-state index contributed by atoms with van der Waals surface area (Å²) in [6, 6.07) is 7.93. The zero-order valence-electron chi connectivity index (χ0n) is 11.5. The summed E-state index contributed by atoms with van der Waals surface area (Å²) < 4.78 is 1.04. The number of hydrogen-bond donors (Lipinski definition) is 1. The van der Waals surface area contributed by atoms with Gasteiger partial charge in [-0.1, -0.05) is 28.1 Å². The van der Waals surface area contributed by atoms with Crippen LogP contribution in [0.25, 0.3) is 0 Å². The Morgan fingerprint density at radius 1 is 1.28 bits per heavy atom. The van der Waals surface area contributed by atoms with Crippen LogP contribution in [0.5, 0.6) is 0 Å². The molecule has 0 saturated carbocycles. The molecule has 0 heterocycles. The SMILES string of the molecule is CCN(C(=O)NCc1ccc(Br)cc1)C(C)(C)C. The number of nitrogens with one attached hydrogen (secondary N) is 1. The summed E-state index contributed by atoms with van der Waals surface area (Å²) in [6.07, 6.45) is 0. The van der Waals surface area contributed by atoms with Gasteiger partial charge in [0.2, 0.25) is 0 Å². The molecule has 0 fully saturated rings. The van der Waals surface area contributed by atoms with Crippen LogP contribution in [-0.2, 0) is 6.54 Å². The summed E-state index contributed by atoms with van der Waals surface area (Å²) in [6.45, 7) is 9.36. The van der Waals surface area contributed by atoms with Gasteiger partial charge in [0.25, 0.3) is 0 Å². The molecule has 0 atom stereocenters. The maximum Gasteiger partial charge on any atom is 0.318 e. The highest BCUT2D eigenvalue weighted by molar-refractivity contribution is 9.10. The normalized spacial score (nSPS) is 11.2. The zero-order valence-corrected chi connectivity index (χ0v) is 13.0. The van der Waals surface area contributed by atoms with Crippen LogP contribution in [0.1, 0.15) is 33.3 Å². The molecule has 1 N–H and O–H groups in total. The molecule has 0 unspecified atom stereocenters. The van der Waals surface area contributed by atoms with Crippen molar-refractivity contribution in [2.24, 2.45) is 0 Å². The minimum absolute atomic E-state index is 0.0204. The van der Waals surface area contributed by atoms with E-state index in [0.717, 1.165) is 10.0 Å². The summed E-state index contributed by atoms with van der Waals surface area (Å²) in [5, 5.41) is 2.95. The highest BCUT2D eigenvalue weighted by Crippen LogP contribution is 2.13. The highest BCUT2D eigenvalue weighted by Gasteiger charge is 2.24. The van der Waals surface area contributed by atoms with Gasteiger partial charge in [-0.15, -0.1) is 0 Å². The molecule has 3 nitrogen and oxygen atoms in total. The molecule has 0 bridgehead atoms. The fourth-order valence-electron chi connectivity index (χ4n) is 1.80. The molecule has 0 aliphatic carbocycles. The van der Waals surface area contributed by atoms with Gasteiger partial charge in [-0.25, -0.2) is 4.79 Å². The second-order valence-electron chi connectivity index (χ2n) is 5.20. The Bertz CT molecular complexity index is 395. The largest absolute Gasteiger partial charge is 0.334 e. The van der Waals surface area contributed by atoms with Gasteiger partial charge < -0.3 is 10.2 Å². The van der Waals surface area contributed by atoms with E-state index in [-0.39, 0.29) is 11.6 Å². The minimum atomic E-state index is -0.154. The van der Waals surface area contributed by atoms with Crippen molar-refractivity contribution in [3.05, 3.63) is 34.3 Å². The van der Waals surface area contributed by atoms with Gasteiger partial charge in [0.1, 0.15) is 0 Å². The van der Waals surface area contributed by atoms with Gasteiger partial charge in [0.15, 0.2) is 0 Å². The van der Waals surface area contributed by atoms with Crippen molar-refractivity contribution in [3.63, 3.8) is 0 Å². The maximum absolute atomic E-state index is 12.1. The van der Waals surface area contributed by atoms with Crippen LogP contribution in [0.4, 0.5) is 4.79 Å². The Labute approximate surface area is 118 Å². The molecule has 0 radical (unpaired) electrons. The lowest BCUT2D eigenvalue weighted by molar-refractivity contribution is 0.149. The average molecular weight is 313 g/mol. The van der Waals surface area contributed by atoms with Crippen LogP contribution in [0.15, 0.2) is 28.7 Å². The lowest BCUT2D eigenvalue weighted by Gasteiger charge is -2.34. The van der Waals surface area contributed by atoms with E-state index in [1.165, 1.54) is 0 Å². The summed E-state index contributed by atoms with van der Waals surface area (Å²) in [5.74, 6) is 0. The van der Waals surface area contributed by atoms with Gasteiger partial charge in [0.05, 0.1) is 0 Å². The first-order chi connectivity index (χ1) is 8.34. The van der Waals surface area contributed by atoms with E-state index < -0.39 is 0 Å². The molecule has 0 spiro atoms. The van der Waals surface area contributed by atoms with Crippen LogP contribution in [-0.4, -0.2) is 23.0 Å². The molecule has 0 saturated heterocycles. The standard InChI is InChI=1S/C14H21BrN2O/c1-5-17(14(2,3)4)13(18)16-10-11-6-8-12(15)9-7-11/h6-9H,5,10H2,1-4H3,(H,16,18). The average Bonchev–Trinajstić information content (AvgIpc) is 2.27. The first-order valence-electron chi connectivity index (χ1n) is 6.14. The van der Waals surface area contributed by atoms with Crippen molar-refractivity contribution >= 4 is 22.0 Å². The fourth-order valence-corrected chi connectivity index (χ4v) is 2.06. The molecule has 0 aromatic heterocycles. The van der Waals surface area contributed by atoms with Crippen molar-refractivity contribution in [1.29, 1.82) is 0 Å². The Balaban J connectivity index is 2.57. The van der Waals surface area contributed by atoms with Crippen LogP contribution >= 0.6 is 15.9 Å². The molecule has 1 rings (SSSR count). The van der Waals surface area contributed by atoms with Gasteiger partial charge in [-0.05, 0) is 45.4 Å². The number of rotatable bonds is 3. The van der Waals surface area contributed by atoms with Crippen molar-refractivity contribution in [2.45, 2.75) is 39.8 Å². The molecule has 2 amide bonds. The van der Waals surface area contributed by atoms with E-state index in [1.54, 1.807) is 0 Å². The topological polar surface area (TPSA) is 32.3 Å². The van der Waals surface area contributed by atoms with E-state index in [1.807, 2.05) is 56.9 Å². The van der Waals surface area contributed by atoms with Crippen molar-refractivity contribution in [2.75, 3.05) is 6.54 Å². The van der Waals surface area contributed by atoms with Crippen LogP contribution in [0, 0.1) is 0 Å². The van der Waals surface area contributed by atoms with Crippen LogP contribution in [0.2, 0.25) is 0 Å². The predicted molar refractivity (Wildman–Crippen MR) is 78.5 cm³/mol. The molecular weight excluding hydrogens is 292 g/mol. The molecule has 0 aliphatic heterocycles. The molecule has 1 aromatic carbocycles. The third-order valence-corrected chi connectivity index (χ3v) is 3.26. The zero-order chi connectivity index (χ0) is 13.8. The van der Waals surface area contributed by atoms with Gasteiger partial charge in [-0.2, -0.15) is 0 Å². The van der Waals surface area contributed by atoms with Gasteiger partial charge in [-0.3, -0.25) is 0 Å². The molecule has 100 valence electrons. The van der Waals surface area contributed by atoms with E-state index in [0.29, 0.717) is 13.1 Å². The third-order valence-electron chi connectivity index (χ3n) is 2.73. The lowest BCUT2D eigenvalue weighted by atomic mass is 10.1. The number of halogens is 1. The van der Waals surface area contributed by atoms with E-state index >= 15 is 0 Å². The first kappa shape index (κ1) is 15.0. The highest BCUT2D eigenvalue weighted by atomic mass is 79.9. The van der Waals surface area contributed by atoms with E-state index in [9.17, 15) is 4.79 Å². The number of carbonyl (C=O) groups excluding carboxylic acids is 1.